The van der Waals surface area contributed by atoms with Crippen LogP contribution in [0.4, 0.5) is 17.2 Å². The lowest BCUT2D eigenvalue weighted by Crippen LogP contribution is -2.36. The number of rotatable bonds is 4. The average Bonchev–Trinajstić information content (AvgIpc) is 3.33. The maximum atomic E-state index is 13.1. The van der Waals surface area contributed by atoms with Crippen molar-refractivity contribution >= 4 is 39.6 Å². The Bertz CT molecular complexity index is 1250. The zero-order valence-corrected chi connectivity index (χ0v) is 17.4. The molecule has 1 fully saturated rings. The lowest BCUT2D eigenvalue weighted by atomic mass is 10.2. The minimum Gasteiger partial charge on any atom is -0.378 e. The smallest absolute Gasteiger partial charge is 0.293 e. The Balaban J connectivity index is 1.54. The van der Waals surface area contributed by atoms with Gasteiger partial charge in [-0.2, -0.15) is 0 Å². The van der Waals surface area contributed by atoms with E-state index in [-0.39, 0.29) is 5.56 Å². The van der Waals surface area contributed by atoms with Crippen LogP contribution in [0.5, 0.6) is 0 Å². The molecule has 2 aromatic heterocycles. The highest BCUT2D eigenvalue weighted by molar-refractivity contribution is 7.13. The lowest BCUT2D eigenvalue weighted by Gasteiger charge is -2.30. The van der Waals surface area contributed by atoms with Crippen LogP contribution in [0.15, 0.2) is 58.8 Å². The molecule has 0 unspecified atom stereocenters. The van der Waals surface area contributed by atoms with Crippen molar-refractivity contribution in [2.45, 2.75) is 0 Å². The molecule has 0 atom stereocenters. The van der Waals surface area contributed by atoms with Crippen LogP contribution in [-0.4, -0.2) is 40.8 Å². The number of anilines is 3. The third-order valence-electron chi connectivity index (χ3n) is 5.26. The zero-order chi connectivity index (χ0) is 20.5. The van der Waals surface area contributed by atoms with Crippen molar-refractivity contribution in [3.8, 4) is 10.6 Å². The molecule has 0 amide bonds. The molecular weight excluding hydrogens is 398 g/mol. The van der Waals surface area contributed by atoms with Crippen LogP contribution in [0.2, 0.25) is 0 Å². The summed E-state index contributed by atoms with van der Waals surface area (Å²) in [6.45, 7) is 3.04. The van der Waals surface area contributed by atoms with E-state index in [1.165, 1.54) is 0 Å². The van der Waals surface area contributed by atoms with E-state index in [4.69, 9.17) is 4.74 Å². The van der Waals surface area contributed by atoms with Crippen molar-refractivity contribution in [3.05, 3.63) is 64.4 Å². The number of aryl methyl sites for hydroxylation is 1. The van der Waals surface area contributed by atoms with E-state index < -0.39 is 0 Å². The third kappa shape index (κ3) is 3.44. The highest BCUT2D eigenvalue weighted by atomic mass is 32.1. The fourth-order valence-electron chi connectivity index (χ4n) is 3.69. The van der Waals surface area contributed by atoms with E-state index in [2.05, 4.69) is 26.3 Å². The summed E-state index contributed by atoms with van der Waals surface area (Å²) in [6.07, 6.45) is 1.78. The summed E-state index contributed by atoms with van der Waals surface area (Å²) in [5.74, 6) is 0.313. The molecule has 0 aliphatic carbocycles. The summed E-state index contributed by atoms with van der Waals surface area (Å²) in [6, 6.07) is 13.9. The fourth-order valence-corrected chi connectivity index (χ4v) is 4.33. The number of aromatic nitrogens is 3. The summed E-state index contributed by atoms with van der Waals surface area (Å²) < 4.78 is 7.11. The van der Waals surface area contributed by atoms with Crippen molar-refractivity contribution < 1.29 is 4.74 Å². The Morgan fingerprint density at radius 1 is 1.13 bits per heavy atom. The zero-order valence-electron chi connectivity index (χ0n) is 16.5. The standard InChI is InChI=1S/C22H21N5O2S/c1-26-19-14-15(21-23-8-13-30-21)6-7-17(19)25-20(22(26)28)24-16-4-2-3-5-18(16)27-9-11-29-12-10-27/h2-8,13-14H,9-12H2,1H3,(H,24,25). The second kappa shape index (κ2) is 7.89. The molecule has 0 radical (unpaired) electrons. The molecule has 1 aliphatic rings. The number of thiazole rings is 1. The molecule has 152 valence electrons. The summed E-state index contributed by atoms with van der Waals surface area (Å²) in [5, 5.41) is 6.14. The molecule has 5 rings (SSSR count). The minimum atomic E-state index is -0.171. The predicted octanol–water partition coefficient (Wildman–Crippen LogP) is 3.64. The highest BCUT2D eigenvalue weighted by Crippen LogP contribution is 2.29. The van der Waals surface area contributed by atoms with Gasteiger partial charge in [0.15, 0.2) is 5.82 Å². The number of hydrogen-bond donors (Lipinski definition) is 1. The molecule has 0 saturated carbocycles. The van der Waals surface area contributed by atoms with Gasteiger partial charge in [0.1, 0.15) is 5.01 Å². The monoisotopic (exact) mass is 419 g/mol. The van der Waals surface area contributed by atoms with Crippen LogP contribution in [0, 0.1) is 0 Å². The van der Waals surface area contributed by atoms with Gasteiger partial charge in [-0.1, -0.05) is 12.1 Å². The van der Waals surface area contributed by atoms with Crippen molar-refractivity contribution in [1.29, 1.82) is 0 Å². The van der Waals surface area contributed by atoms with Crippen LogP contribution in [0.25, 0.3) is 21.6 Å². The molecular formula is C22H21N5O2S. The number of ether oxygens (including phenoxy) is 1. The summed E-state index contributed by atoms with van der Waals surface area (Å²) >= 11 is 1.57. The SMILES string of the molecule is Cn1c(=O)c(Nc2ccccc2N2CCOCC2)nc2ccc(-c3nccs3)cc21. The normalized spacial score (nSPS) is 14.2. The van der Waals surface area contributed by atoms with Gasteiger partial charge in [0.25, 0.3) is 5.56 Å². The Morgan fingerprint density at radius 3 is 2.77 bits per heavy atom. The molecule has 8 heteroatoms. The molecule has 3 heterocycles. The molecule has 1 N–H and O–H groups in total. The van der Waals surface area contributed by atoms with Crippen molar-refractivity contribution in [1.82, 2.24) is 14.5 Å². The van der Waals surface area contributed by atoms with E-state index in [0.29, 0.717) is 19.0 Å². The molecule has 0 spiro atoms. The average molecular weight is 420 g/mol. The molecule has 1 aliphatic heterocycles. The first kappa shape index (κ1) is 18.8. The van der Waals surface area contributed by atoms with Gasteiger partial charge >= 0.3 is 0 Å². The number of fused-ring (bicyclic) bond motifs is 1. The second-order valence-electron chi connectivity index (χ2n) is 7.11. The Morgan fingerprint density at radius 2 is 1.97 bits per heavy atom. The summed E-state index contributed by atoms with van der Waals surface area (Å²) in [5.41, 5.74) is 4.25. The van der Waals surface area contributed by atoms with Crippen LogP contribution >= 0.6 is 11.3 Å². The largest absolute Gasteiger partial charge is 0.378 e. The van der Waals surface area contributed by atoms with Gasteiger partial charge in [-0.25, -0.2) is 9.97 Å². The topological polar surface area (TPSA) is 72.3 Å². The van der Waals surface area contributed by atoms with E-state index in [9.17, 15) is 4.79 Å². The van der Waals surface area contributed by atoms with Gasteiger partial charge in [0.2, 0.25) is 0 Å². The second-order valence-corrected chi connectivity index (χ2v) is 8.00. The molecule has 4 aromatic rings. The highest BCUT2D eigenvalue weighted by Gasteiger charge is 2.17. The van der Waals surface area contributed by atoms with Gasteiger partial charge in [-0.3, -0.25) is 4.79 Å². The Kier molecular flexibility index (Phi) is 4.94. The minimum absolute atomic E-state index is 0.171. The number of nitrogens with zero attached hydrogens (tertiary/aromatic N) is 4. The number of morpholine rings is 1. The van der Waals surface area contributed by atoms with E-state index in [1.807, 2.05) is 41.8 Å². The molecule has 2 aromatic carbocycles. The molecule has 7 nitrogen and oxygen atoms in total. The Labute approximate surface area is 177 Å². The maximum absolute atomic E-state index is 13.1. The van der Waals surface area contributed by atoms with Gasteiger partial charge in [0.05, 0.1) is 35.6 Å². The first-order valence-electron chi connectivity index (χ1n) is 9.80. The predicted molar refractivity (Wildman–Crippen MR) is 121 cm³/mol. The number of hydrogen-bond acceptors (Lipinski definition) is 7. The van der Waals surface area contributed by atoms with E-state index in [0.717, 1.165) is 46.1 Å². The third-order valence-corrected chi connectivity index (χ3v) is 6.09. The van der Waals surface area contributed by atoms with Gasteiger partial charge in [0, 0.05) is 37.3 Å². The lowest BCUT2D eigenvalue weighted by molar-refractivity contribution is 0.123. The molecule has 30 heavy (non-hydrogen) atoms. The number of nitrogens with one attached hydrogen (secondary N) is 1. The van der Waals surface area contributed by atoms with Gasteiger partial charge < -0.3 is 19.5 Å². The van der Waals surface area contributed by atoms with Crippen LogP contribution in [-0.2, 0) is 11.8 Å². The van der Waals surface area contributed by atoms with E-state index >= 15 is 0 Å². The molecule has 1 saturated heterocycles. The maximum Gasteiger partial charge on any atom is 0.293 e. The van der Waals surface area contributed by atoms with E-state index in [1.54, 1.807) is 29.1 Å². The Hall–Kier alpha value is -3.23. The van der Waals surface area contributed by atoms with Crippen LogP contribution in [0.1, 0.15) is 0 Å². The van der Waals surface area contributed by atoms with Crippen LogP contribution < -0.4 is 15.8 Å². The first-order chi connectivity index (χ1) is 14.7. The van der Waals surface area contributed by atoms with Crippen molar-refractivity contribution in [3.63, 3.8) is 0 Å². The molecule has 0 bridgehead atoms. The number of para-hydroxylation sites is 2. The number of benzene rings is 2. The summed E-state index contributed by atoms with van der Waals surface area (Å²) in [4.78, 5) is 24.3. The first-order valence-corrected chi connectivity index (χ1v) is 10.7. The fraction of sp³-hybridized carbons (Fsp3) is 0.227. The van der Waals surface area contributed by atoms with Crippen LogP contribution in [0.3, 0.4) is 0 Å². The summed E-state index contributed by atoms with van der Waals surface area (Å²) in [7, 11) is 1.77. The van der Waals surface area contributed by atoms with Crippen molar-refractivity contribution in [2.24, 2.45) is 7.05 Å². The van der Waals surface area contributed by atoms with Gasteiger partial charge in [-0.15, -0.1) is 11.3 Å². The van der Waals surface area contributed by atoms with Gasteiger partial charge in [-0.05, 0) is 30.3 Å². The van der Waals surface area contributed by atoms with Crippen molar-refractivity contribution in [2.75, 3.05) is 36.5 Å². The quantitative estimate of drug-likeness (QED) is 0.545.